The molecule has 1 aliphatic rings. The Labute approximate surface area is 89.4 Å². The number of hydrogen-bond donors (Lipinski definition) is 0. The van der Waals surface area contributed by atoms with Gasteiger partial charge in [-0.1, -0.05) is 23.7 Å². The van der Waals surface area contributed by atoms with Crippen LogP contribution < -0.4 is 0 Å². The highest BCUT2D eigenvalue weighted by atomic mass is 35.5. The molecule has 2 unspecified atom stereocenters. The summed E-state index contributed by atoms with van der Waals surface area (Å²) in [4.78, 5) is 5.50. The summed E-state index contributed by atoms with van der Waals surface area (Å²) >= 11 is 5.81. The lowest BCUT2D eigenvalue weighted by Crippen LogP contribution is -2.25. The lowest BCUT2D eigenvalue weighted by molar-refractivity contribution is 0.101. The average Bonchev–Trinajstić information content (AvgIpc) is 2.83. The molecule has 0 radical (unpaired) electrons. The molecule has 1 fully saturated rings. The van der Waals surface area contributed by atoms with Gasteiger partial charge in [0, 0.05) is 10.6 Å². The smallest absolute Gasteiger partial charge is 0.180 e. The Morgan fingerprint density at radius 1 is 1.21 bits per heavy atom. The Morgan fingerprint density at radius 3 is 2.21 bits per heavy atom. The van der Waals surface area contributed by atoms with Gasteiger partial charge in [0.25, 0.3) is 0 Å². The van der Waals surface area contributed by atoms with E-state index in [1.807, 2.05) is 29.3 Å². The fourth-order valence-corrected chi connectivity index (χ4v) is 1.54. The van der Waals surface area contributed by atoms with E-state index in [0.717, 1.165) is 10.6 Å². The van der Waals surface area contributed by atoms with Crippen molar-refractivity contribution in [1.29, 1.82) is 0 Å². The van der Waals surface area contributed by atoms with Crippen molar-refractivity contribution in [3.63, 3.8) is 0 Å². The molecule has 14 heavy (non-hydrogen) atoms. The number of benzene rings is 1. The van der Waals surface area contributed by atoms with Gasteiger partial charge in [-0.2, -0.15) is 0 Å². The molecule has 2 nitrogen and oxygen atoms in total. The van der Waals surface area contributed by atoms with Crippen LogP contribution in [0.15, 0.2) is 24.3 Å². The minimum atomic E-state index is 0.0598. The molecule has 1 saturated heterocycles. The van der Waals surface area contributed by atoms with Crippen molar-refractivity contribution in [3.05, 3.63) is 34.9 Å². The Hall–Kier alpha value is -0.570. The van der Waals surface area contributed by atoms with Crippen LogP contribution in [0.4, 0.5) is 0 Å². The topological polar surface area (TPSA) is 15.5 Å². The van der Waals surface area contributed by atoms with Gasteiger partial charge in [-0.25, -0.2) is 0 Å². The summed E-state index contributed by atoms with van der Waals surface area (Å²) in [6, 6.07) is 7.77. The van der Waals surface area contributed by atoms with Gasteiger partial charge in [0.15, 0.2) is 6.23 Å². The third-order valence-electron chi connectivity index (χ3n) is 2.20. The van der Waals surface area contributed by atoms with Gasteiger partial charge in [0.2, 0.25) is 0 Å². The number of halogens is 1. The zero-order valence-electron chi connectivity index (χ0n) is 8.62. The summed E-state index contributed by atoms with van der Waals surface area (Å²) in [7, 11) is 0. The molecule has 0 saturated carbocycles. The minimum absolute atomic E-state index is 0.0598. The monoisotopic (exact) mass is 211 g/mol. The third-order valence-corrected chi connectivity index (χ3v) is 2.45. The van der Waals surface area contributed by atoms with Gasteiger partial charge >= 0.3 is 0 Å². The van der Waals surface area contributed by atoms with Crippen LogP contribution in [-0.4, -0.2) is 10.6 Å². The SMILES string of the molecule is CC(C)(C)N1OC1c1ccc(Cl)cc1. The van der Waals surface area contributed by atoms with Crippen molar-refractivity contribution in [2.75, 3.05) is 0 Å². The molecule has 0 aromatic heterocycles. The second-order valence-electron chi connectivity index (χ2n) is 4.51. The molecular weight excluding hydrogens is 198 g/mol. The predicted octanol–water partition coefficient (Wildman–Crippen LogP) is 3.38. The van der Waals surface area contributed by atoms with E-state index >= 15 is 0 Å². The fourth-order valence-electron chi connectivity index (χ4n) is 1.41. The van der Waals surface area contributed by atoms with Gasteiger partial charge < -0.3 is 0 Å². The van der Waals surface area contributed by atoms with Crippen LogP contribution in [0.25, 0.3) is 0 Å². The maximum absolute atomic E-state index is 5.81. The van der Waals surface area contributed by atoms with Crippen LogP contribution in [-0.2, 0) is 4.84 Å². The Kier molecular flexibility index (Phi) is 2.30. The molecule has 1 heterocycles. The Bertz CT molecular complexity index is 328. The molecule has 3 heteroatoms. The zero-order chi connectivity index (χ0) is 10.3. The quantitative estimate of drug-likeness (QED) is 0.662. The van der Waals surface area contributed by atoms with Crippen molar-refractivity contribution in [1.82, 2.24) is 5.06 Å². The van der Waals surface area contributed by atoms with Crippen LogP contribution >= 0.6 is 11.6 Å². The lowest BCUT2D eigenvalue weighted by atomic mass is 10.1. The summed E-state index contributed by atoms with van der Waals surface area (Å²) in [5.41, 5.74) is 1.22. The van der Waals surface area contributed by atoms with Gasteiger partial charge in [-0.3, -0.25) is 4.84 Å². The molecular formula is C11H14ClNO. The number of hydrogen-bond acceptors (Lipinski definition) is 2. The first-order valence-corrected chi connectivity index (χ1v) is 5.08. The summed E-state index contributed by atoms with van der Waals surface area (Å²) in [6.07, 6.45) is 0.104. The van der Waals surface area contributed by atoms with E-state index in [1.54, 1.807) is 0 Å². The van der Waals surface area contributed by atoms with Crippen molar-refractivity contribution in [2.45, 2.75) is 32.5 Å². The van der Waals surface area contributed by atoms with E-state index in [1.165, 1.54) is 0 Å². The van der Waals surface area contributed by atoms with Crippen molar-refractivity contribution < 1.29 is 4.84 Å². The van der Waals surface area contributed by atoms with Crippen LogP contribution in [0.3, 0.4) is 0 Å². The average molecular weight is 212 g/mol. The highest BCUT2D eigenvalue weighted by molar-refractivity contribution is 6.30. The molecule has 76 valence electrons. The van der Waals surface area contributed by atoms with Gasteiger partial charge in [0.05, 0.1) is 0 Å². The first-order chi connectivity index (χ1) is 6.48. The highest BCUT2D eigenvalue weighted by Crippen LogP contribution is 2.43. The van der Waals surface area contributed by atoms with Gasteiger partial charge in [-0.05, 0) is 38.5 Å². The van der Waals surface area contributed by atoms with Crippen LogP contribution in [0.2, 0.25) is 5.02 Å². The van der Waals surface area contributed by atoms with Crippen molar-refractivity contribution in [3.8, 4) is 0 Å². The summed E-state index contributed by atoms with van der Waals surface area (Å²) in [5.74, 6) is 0. The van der Waals surface area contributed by atoms with Gasteiger partial charge in [-0.15, -0.1) is 5.06 Å². The molecule has 0 aliphatic carbocycles. The molecule has 1 aromatic rings. The first-order valence-electron chi connectivity index (χ1n) is 4.70. The first kappa shape index (κ1) is 9.97. The molecule has 2 rings (SSSR count). The Balaban J connectivity index is 2.10. The summed E-state index contributed by atoms with van der Waals surface area (Å²) in [6.45, 7) is 6.38. The van der Waals surface area contributed by atoms with Crippen LogP contribution in [0.5, 0.6) is 0 Å². The molecule has 0 bridgehead atoms. The van der Waals surface area contributed by atoms with Crippen LogP contribution in [0, 0.1) is 0 Å². The number of nitrogens with zero attached hydrogens (tertiary/aromatic N) is 1. The van der Waals surface area contributed by atoms with E-state index in [9.17, 15) is 0 Å². The molecule has 0 N–H and O–H groups in total. The largest absolute Gasteiger partial charge is 0.269 e. The standard InChI is InChI=1S/C11H14ClNO/c1-11(2,3)13-10(14-13)8-4-6-9(12)7-5-8/h4-7,10H,1-3H3. The molecule has 1 aromatic carbocycles. The van der Waals surface area contributed by atoms with E-state index in [4.69, 9.17) is 16.4 Å². The van der Waals surface area contributed by atoms with E-state index in [0.29, 0.717) is 0 Å². The predicted molar refractivity (Wildman–Crippen MR) is 56.9 cm³/mol. The normalized spacial score (nSPS) is 26.3. The van der Waals surface area contributed by atoms with Crippen molar-refractivity contribution >= 4 is 11.6 Å². The van der Waals surface area contributed by atoms with E-state index < -0.39 is 0 Å². The second kappa shape index (κ2) is 3.23. The lowest BCUT2D eigenvalue weighted by Gasteiger charge is -2.16. The molecule has 2 atom stereocenters. The fraction of sp³-hybridized carbons (Fsp3) is 0.455. The number of hydroxylamine groups is 2. The highest BCUT2D eigenvalue weighted by Gasteiger charge is 2.45. The Morgan fingerprint density at radius 2 is 1.79 bits per heavy atom. The minimum Gasteiger partial charge on any atom is -0.269 e. The second-order valence-corrected chi connectivity index (χ2v) is 4.94. The summed E-state index contributed by atoms with van der Waals surface area (Å²) in [5, 5.41) is 2.74. The summed E-state index contributed by atoms with van der Waals surface area (Å²) < 4.78 is 0. The molecule has 0 spiro atoms. The van der Waals surface area contributed by atoms with E-state index in [-0.39, 0.29) is 11.8 Å². The molecule has 1 aliphatic heterocycles. The van der Waals surface area contributed by atoms with E-state index in [2.05, 4.69) is 20.8 Å². The van der Waals surface area contributed by atoms with Crippen LogP contribution in [0.1, 0.15) is 32.6 Å². The molecule has 0 amide bonds. The zero-order valence-corrected chi connectivity index (χ0v) is 9.38. The maximum Gasteiger partial charge on any atom is 0.180 e. The number of rotatable bonds is 1. The third kappa shape index (κ3) is 1.92. The maximum atomic E-state index is 5.81. The van der Waals surface area contributed by atoms with Gasteiger partial charge in [0.1, 0.15) is 0 Å². The van der Waals surface area contributed by atoms with Crippen molar-refractivity contribution in [2.24, 2.45) is 0 Å².